The average molecular weight is 507 g/mol. The molecule has 0 unspecified atom stereocenters. The van der Waals surface area contributed by atoms with E-state index in [9.17, 15) is 14.7 Å². The first-order valence-electron chi connectivity index (χ1n) is 13.4. The van der Waals surface area contributed by atoms with Gasteiger partial charge in [0.05, 0.1) is 24.0 Å². The number of hydrogen-bond donors (Lipinski definition) is 2. The molecule has 1 aromatic carbocycles. The Kier molecular flexibility index (Phi) is 6.46. The second kappa shape index (κ2) is 9.90. The molecule has 2 N–H and O–H groups in total. The third-order valence-electron chi connectivity index (χ3n) is 8.00. The molecule has 196 valence electrons. The van der Waals surface area contributed by atoms with Crippen LogP contribution in [0, 0.1) is 11.8 Å². The molecule has 0 bridgehead atoms. The normalized spacial score (nSPS) is 20.3. The van der Waals surface area contributed by atoms with Gasteiger partial charge in [-0.2, -0.15) is 5.10 Å². The van der Waals surface area contributed by atoms with Crippen LogP contribution in [0.15, 0.2) is 41.6 Å². The quantitative estimate of drug-likeness (QED) is 0.505. The van der Waals surface area contributed by atoms with Gasteiger partial charge in [0, 0.05) is 44.5 Å². The Morgan fingerprint density at radius 3 is 2.54 bits per heavy atom. The van der Waals surface area contributed by atoms with Crippen molar-refractivity contribution in [3.05, 3.63) is 47.1 Å². The van der Waals surface area contributed by atoms with Crippen LogP contribution < -0.4 is 10.9 Å². The minimum Gasteiger partial charge on any atom is -0.388 e. The highest BCUT2D eigenvalue weighted by atomic mass is 16.5. The molecule has 1 aliphatic carbocycles. The van der Waals surface area contributed by atoms with E-state index in [-0.39, 0.29) is 23.9 Å². The fourth-order valence-electron chi connectivity index (χ4n) is 5.39. The van der Waals surface area contributed by atoms with Gasteiger partial charge in [-0.25, -0.2) is 9.67 Å². The molecule has 4 heterocycles. The first-order valence-corrected chi connectivity index (χ1v) is 13.4. The minimum atomic E-state index is -1.04. The molecule has 0 radical (unpaired) electrons. The molecule has 3 fully saturated rings. The van der Waals surface area contributed by atoms with Gasteiger partial charge in [-0.05, 0) is 68.7 Å². The number of benzene rings is 1. The number of ether oxygens (including phenoxy) is 1. The first-order chi connectivity index (χ1) is 18.0. The van der Waals surface area contributed by atoms with Gasteiger partial charge in [0.2, 0.25) is 5.91 Å². The van der Waals surface area contributed by atoms with Crippen LogP contribution in [0.4, 0.5) is 5.69 Å². The van der Waals surface area contributed by atoms with E-state index in [4.69, 9.17) is 4.74 Å². The molecule has 2 saturated heterocycles. The smallest absolute Gasteiger partial charge is 0.264 e. The number of carbonyl (C=O) groups excluding carboxylic acids is 1. The Hall–Kier alpha value is -3.24. The number of rotatable bonds is 7. The SMILES string of the molecule is O=C(C1CC1)N1CCC(O)(Cn2cnc3c(cnn3-c3ccc(NCC4CCOCC4)cc3)c2=O)CC1. The second-order valence-corrected chi connectivity index (χ2v) is 10.8. The number of fused-ring (bicyclic) bond motifs is 1. The Bertz CT molecular complexity index is 1310. The van der Waals surface area contributed by atoms with Gasteiger partial charge in [-0.3, -0.25) is 14.2 Å². The Morgan fingerprint density at radius 2 is 1.84 bits per heavy atom. The highest BCUT2D eigenvalue weighted by Gasteiger charge is 2.39. The number of piperidine rings is 1. The Labute approximate surface area is 215 Å². The van der Waals surface area contributed by atoms with Crippen molar-refractivity contribution in [3.8, 4) is 5.69 Å². The summed E-state index contributed by atoms with van der Waals surface area (Å²) in [5.74, 6) is 1.02. The number of aliphatic hydroxyl groups is 1. The van der Waals surface area contributed by atoms with Crippen molar-refractivity contribution in [2.45, 2.75) is 50.7 Å². The van der Waals surface area contributed by atoms with Gasteiger partial charge in [-0.15, -0.1) is 0 Å². The van der Waals surface area contributed by atoms with Crippen molar-refractivity contribution in [3.63, 3.8) is 0 Å². The summed E-state index contributed by atoms with van der Waals surface area (Å²) in [6.45, 7) is 3.80. The second-order valence-electron chi connectivity index (χ2n) is 10.8. The van der Waals surface area contributed by atoms with Crippen LogP contribution in [0.1, 0.15) is 38.5 Å². The standard InChI is InChI=1S/C27H34N6O4/c34-25(20-1-2-20)31-11-9-27(36,10-12-31)17-32-18-29-24-23(26(32)35)16-30-33(24)22-5-3-21(4-6-22)28-15-19-7-13-37-14-8-19/h3-6,16,18-20,28,36H,1-2,7-15,17H2. The van der Waals surface area contributed by atoms with Crippen LogP contribution in [0.5, 0.6) is 0 Å². The average Bonchev–Trinajstić information content (AvgIpc) is 3.69. The fourth-order valence-corrected chi connectivity index (χ4v) is 5.39. The molecule has 2 aliphatic heterocycles. The van der Waals surface area contributed by atoms with E-state index in [1.54, 1.807) is 10.9 Å². The Morgan fingerprint density at radius 1 is 1.11 bits per heavy atom. The molecule has 1 saturated carbocycles. The van der Waals surface area contributed by atoms with Crippen molar-refractivity contribution >= 4 is 22.6 Å². The van der Waals surface area contributed by atoms with E-state index in [2.05, 4.69) is 15.4 Å². The summed E-state index contributed by atoms with van der Waals surface area (Å²) in [5, 5.41) is 19.5. The zero-order valence-electron chi connectivity index (χ0n) is 21.0. The topological polar surface area (TPSA) is 115 Å². The molecule has 1 amide bonds. The van der Waals surface area contributed by atoms with Crippen molar-refractivity contribution in [2.24, 2.45) is 11.8 Å². The number of aromatic nitrogens is 4. The number of likely N-dealkylation sites (tertiary alicyclic amines) is 1. The molecule has 10 heteroatoms. The summed E-state index contributed by atoms with van der Waals surface area (Å²) in [7, 11) is 0. The summed E-state index contributed by atoms with van der Waals surface area (Å²) in [4.78, 5) is 31.9. The summed E-state index contributed by atoms with van der Waals surface area (Å²) in [6.07, 6.45) is 8.06. The van der Waals surface area contributed by atoms with Crippen molar-refractivity contribution in [1.82, 2.24) is 24.2 Å². The number of anilines is 1. The maximum atomic E-state index is 13.2. The summed E-state index contributed by atoms with van der Waals surface area (Å²) >= 11 is 0. The van der Waals surface area contributed by atoms with E-state index in [0.717, 1.165) is 56.8 Å². The van der Waals surface area contributed by atoms with Crippen LogP contribution in [0.3, 0.4) is 0 Å². The molecular weight excluding hydrogens is 472 g/mol. The van der Waals surface area contributed by atoms with Crippen molar-refractivity contribution in [2.75, 3.05) is 38.2 Å². The molecule has 10 nitrogen and oxygen atoms in total. The van der Waals surface area contributed by atoms with Gasteiger partial charge < -0.3 is 20.1 Å². The number of hydrogen-bond acceptors (Lipinski definition) is 7. The number of amides is 1. The largest absolute Gasteiger partial charge is 0.388 e. The lowest BCUT2D eigenvalue weighted by Gasteiger charge is -2.38. The fraction of sp³-hybridized carbons (Fsp3) is 0.556. The van der Waals surface area contributed by atoms with E-state index < -0.39 is 5.60 Å². The van der Waals surface area contributed by atoms with Crippen LogP contribution in [-0.2, 0) is 16.1 Å². The summed E-state index contributed by atoms with van der Waals surface area (Å²) in [6, 6.07) is 7.95. The van der Waals surface area contributed by atoms with Gasteiger partial charge >= 0.3 is 0 Å². The third kappa shape index (κ3) is 5.13. The van der Waals surface area contributed by atoms with Crippen molar-refractivity contribution in [1.29, 1.82) is 0 Å². The van der Waals surface area contributed by atoms with Crippen LogP contribution in [0.25, 0.3) is 16.7 Å². The lowest BCUT2D eigenvalue weighted by molar-refractivity contribution is -0.137. The molecule has 0 spiro atoms. The van der Waals surface area contributed by atoms with Gasteiger partial charge in [-0.1, -0.05) is 0 Å². The summed E-state index contributed by atoms with van der Waals surface area (Å²) < 4.78 is 8.57. The third-order valence-corrected chi connectivity index (χ3v) is 8.00. The van der Waals surface area contributed by atoms with Crippen molar-refractivity contribution < 1.29 is 14.6 Å². The van der Waals surface area contributed by atoms with Crippen LogP contribution in [-0.4, -0.2) is 73.7 Å². The molecule has 3 aliphatic rings. The van der Waals surface area contributed by atoms with E-state index in [1.807, 2.05) is 29.2 Å². The molecule has 0 atom stereocenters. The number of carbonyl (C=O) groups is 1. The van der Waals surface area contributed by atoms with Gasteiger partial charge in [0.25, 0.3) is 5.56 Å². The molecule has 37 heavy (non-hydrogen) atoms. The maximum absolute atomic E-state index is 13.2. The first kappa shape index (κ1) is 24.1. The van der Waals surface area contributed by atoms with Gasteiger partial charge in [0.1, 0.15) is 11.7 Å². The van der Waals surface area contributed by atoms with E-state index in [1.165, 1.54) is 10.9 Å². The Balaban J connectivity index is 1.13. The predicted octanol–water partition coefficient (Wildman–Crippen LogP) is 2.18. The van der Waals surface area contributed by atoms with E-state index >= 15 is 0 Å². The van der Waals surface area contributed by atoms with Gasteiger partial charge in [0.15, 0.2) is 5.65 Å². The molecule has 6 rings (SSSR count). The molecule has 2 aromatic heterocycles. The zero-order chi connectivity index (χ0) is 25.4. The van der Waals surface area contributed by atoms with E-state index in [0.29, 0.717) is 42.9 Å². The maximum Gasteiger partial charge on any atom is 0.264 e. The predicted molar refractivity (Wildman–Crippen MR) is 139 cm³/mol. The lowest BCUT2D eigenvalue weighted by atomic mass is 9.91. The number of nitrogens with one attached hydrogen (secondary N) is 1. The van der Waals surface area contributed by atoms with Crippen LogP contribution >= 0.6 is 0 Å². The molecule has 3 aromatic rings. The lowest BCUT2D eigenvalue weighted by Crippen LogP contribution is -2.50. The zero-order valence-corrected chi connectivity index (χ0v) is 21.0. The number of nitrogens with zero attached hydrogens (tertiary/aromatic N) is 5. The minimum absolute atomic E-state index is 0.152. The highest BCUT2D eigenvalue weighted by molar-refractivity contribution is 5.81. The highest BCUT2D eigenvalue weighted by Crippen LogP contribution is 2.33. The van der Waals surface area contributed by atoms with Crippen LogP contribution in [0.2, 0.25) is 0 Å². The summed E-state index contributed by atoms with van der Waals surface area (Å²) in [5.41, 5.74) is 1.09. The molecular formula is C27H34N6O4. The monoisotopic (exact) mass is 506 g/mol.